The molecule has 0 aliphatic carbocycles. The molecule has 20 heavy (non-hydrogen) atoms. The van der Waals surface area contributed by atoms with Gasteiger partial charge in [-0.1, -0.05) is 31.2 Å². The van der Waals surface area contributed by atoms with Crippen molar-refractivity contribution in [3.8, 4) is 5.75 Å². The van der Waals surface area contributed by atoms with Crippen LogP contribution >= 0.6 is 11.3 Å². The van der Waals surface area contributed by atoms with Gasteiger partial charge in [0, 0.05) is 10.4 Å². The van der Waals surface area contributed by atoms with Gasteiger partial charge in [0.2, 0.25) is 0 Å². The number of carboxylic acids is 1. The molecule has 0 aliphatic rings. The number of para-hydroxylation sites is 1. The molecule has 2 aromatic rings. The van der Waals surface area contributed by atoms with Crippen LogP contribution in [0, 0.1) is 0 Å². The minimum atomic E-state index is -0.933. The van der Waals surface area contributed by atoms with Crippen LogP contribution in [-0.2, 0) is 4.79 Å². The number of ether oxygens (including phenoxy) is 1. The molecule has 0 radical (unpaired) electrons. The summed E-state index contributed by atoms with van der Waals surface area (Å²) in [6.45, 7) is 2.65. The number of benzene rings is 1. The van der Waals surface area contributed by atoms with Gasteiger partial charge < -0.3 is 9.84 Å². The van der Waals surface area contributed by atoms with Crippen molar-refractivity contribution in [1.29, 1.82) is 0 Å². The van der Waals surface area contributed by atoms with Crippen LogP contribution in [0.2, 0.25) is 0 Å². The third-order valence-corrected chi connectivity index (χ3v) is 3.60. The van der Waals surface area contributed by atoms with Crippen molar-refractivity contribution in [1.82, 2.24) is 0 Å². The number of carboxylic acid groups (broad SMARTS) is 1. The molecule has 1 aromatic heterocycles. The standard InChI is InChI=1S/C16H16O3S/c1-2-9-19-14-7-4-3-6-12(14)11-13(16(17)18)15-8-5-10-20-15/h3-8,10-11H,2,9H2,1H3,(H,17,18)/b13-11-. The molecule has 0 spiro atoms. The van der Waals surface area contributed by atoms with E-state index in [0.29, 0.717) is 12.4 Å². The monoisotopic (exact) mass is 288 g/mol. The fraction of sp³-hybridized carbons (Fsp3) is 0.188. The van der Waals surface area contributed by atoms with Crippen LogP contribution < -0.4 is 4.74 Å². The molecule has 0 unspecified atom stereocenters. The first-order valence-corrected chi connectivity index (χ1v) is 7.31. The molecule has 1 N–H and O–H groups in total. The Morgan fingerprint density at radius 1 is 1.30 bits per heavy atom. The van der Waals surface area contributed by atoms with E-state index >= 15 is 0 Å². The van der Waals surface area contributed by atoms with E-state index in [1.807, 2.05) is 42.6 Å². The maximum absolute atomic E-state index is 11.4. The van der Waals surface area contributed by atoms with Crippen molar-refractivity contribution in [2.24, 2.45) is 0 Å². The average Bonchev–Trinajstić information content (AvgIpc) is 2.97. The van der Waals surface area contributed by atoms with E-state index in [9.17, 15) is 9.90 Å². The third-order valence-electron chi connectivity index (χ3n) is 2.70. The van der Waals surface area contributed by atoms with E-state index in [2.05, 4.69) is 0 Å². The lowest BCUT2D eigenvalue weighted by atomic mass is 10.1. The Bertz CT molecular complexity index is 600. The van der Waals surface area contributed by atoms with Crippen molar-refractivity contribution >= 4 is 29.0 Å². The first-order chi connectivity index (χ1) is 9.72. The minimum absolute atomic E-state index is 0.285. The van der Waals surface area contributed by atoms with E-state index < -0.39 is 5.97 Å². The van der Waals surface area contributed by atoms with Gasteiger partial charge in [0.05, 0.1) is 12.2 Å². The van der Waals surface area contributed by atoms with Crippen molar-refractivity contribution in [3.63, 3.8) is 0 Å². The maximum atomic E-state index is 11.4. The Kier molecular flexibility index (Phi) is 4.96. The predicted octanol–water partition coefficient (Wildman–Crippen LogP) is 4.16. The SMILES string of the molecule is CCCOc1ccccc1/C=C(\C(=O)O)c1cccs1. The zero-order valence-electron chi connectivity index (χ0n) is 11.2. The van der Waals surface area contributed by atoms with Gasteiger partial charge >= 0.3 is 5.97 Å². The summed E-state index contributed by atoms with van der Waals surface area (Å²) in [6.07, 6.45) is 2.58. The van der Waals surface area contributed by atoms with Crippen LogP contribution in [0.15, 0.2) is 41.8 Å². The summed E-state index contributed by atoms with van der Waals surface area (Å²) in [4.78, 5) is 12.2. The number of aliphatic carboxylic acids is 1. The second-order valence-electron chi connectivity index (χ2n) is 4.23. The fourth-order valence-corrected chi connectivity index (χ4v) is 2.50. The van der Waals surface area contributed by atoms with E-state index in [-0.39, 0.29) is 5.57 Å². The molecule has 104 valence electrons. The van der Waals surface area contributed by atoms with E-state index in [0.717, 1.165) is 16.9 Å². The number of thiophene rings is 1. The number of hydrogen-bond donors (Lipinski definition) is 1. The highest BCUT2D eigenvalue weighted by Crippen LogP contribution is 2.27. The van der Waals surface area contributed by atoms with Crippen molar-refractivity contribution in [2.45, 2.75) is 13.3 Å². The molecule has 0 aliphatic heterocycles. The third kappa shape index (κ3) is 3.48. The van der Waals surface area contributed by atoms with E-state index in [1.54, 1.807) is 12.1 Å². The van der Waals surface area contributed by atoms with Crippen LogP contribution in [0.3, 0.4) is 0 Å². The van der Waals surface area contributed by atoms with Gasteiger partial charge in [-0.05, 0) is 30.0 Å². The largest absolute Gasteiger partial charge is 0.493 e. The second-order valence-corrected chi connectivity index (χ2v) is 5.17. The smallest absolute Gasteiger partial charge is 0.337 e. The minimum Gasteiger partial charge on any atom is -0.493 e. The first-order valence-electron chi connectivity index (χ1n) is 6.43. The molecule has 2 rings (SSSR count). The molecule has 0 saturated heterocycles. The van der Waals surface area contributed by atoms with Crippen LogP contribution in [0.25, 0.3) is 11.6 Å². The van der Waals surface area contributed by atoms with E-state index in [4.69, 9.17) is 4.74 Å². The maximum Gasteiger partial charge on any atom is 0.337 e. The summed E-state index contributed by atoms with van der Waals surface area (Å²) in [5.41, 5.74) is 1.07. The number of hydrogen-bond acceptors (Lipinski definition) is 3. The van der Waals surface area contributed by atoms with Crippen LogP contribution in [0.5, 0.6) is 5.75 Å². The number of carbonyl (C=O) groups is 1. The molecule has 1 heterocycles. The van der Waals surface area contributed by atoms with Crippen molar-refractivity contribution < 1.29 is 14.6 Å². The normalized spacial score (nSPS) is 11.3. The van der Waals surface area contributed by atoms with Gasteiger partial charge in [0.1, 0.15) is 5.75 Å². The summed E-state index contributed by atoms with van der Waals surface area (Å²) in [6, 6.07) is 11.1. The molecule has 0 saturated carbocycles. The highest BCUT2D eigenvalue weighted by molar-refractivity contribution is 7.11. The molecule has 4 heteroatoms. The Morgan fingerprint density at radius 2 is 2.10 bits per heavy atom. The Balaban J connectivity index is 2.39. The molecular formula is C16H16O3S. The Morgan fingerprint density at radius 3 is 2.75 bits per heavy atom. The fourth-order valence-electron chi connectivity index (χ4n) is 1.77. The topological polar surface area (TPSA) is 46.5 Å². The highest BCUT2D eigenvalue weighted by atomic mass is 32.1. The predicted molar refractivity (Wildman–Crippen MR) is 82.1 cm³/mol. The molecule has 0 fully saturated rings. The molecule has 0 atom stereocenters. The second kappa shape index (κ2) is 6.91. The van der Waals surface area contributed by atoms with Crippen LogP contribution in [0.4, 0.5) is 0 Å². The van der Waals surface area contributed by atoms with E-state index in [1.165, 1.54) is 11.3 Å². The molecule has 1 aromatic carbocycles. The van der Waals surface area contributed by atoms with Crippen LogP contribution in [-0.4, -0.2) is 17.7 Å². The van der Waals surface area contributed by atoms with Crippen LogP contribution in [0.1, 0.15) is 23.8 Å². The van der Waals surface area contributed by atoms with Gasteiger partial charge in [-0.2, -0.15) is 0 Å². The summed E-state index contributed by atoms with van der Waals surface area (Å²) in [5, 5.41) is 11.2. The lowest BCUT2D eigenvalue weighted by Crippen LogP contribution is -2.00. The quantitative estimate of drug-likeness (QED) is 0.812. The van der Waals surface area contributed by atoms with Gasteiger partial charge in [0.15, 0.2) is 0 Å². The lowest BCUT2D eigenvalue weighted by molar-refractivity contribution is -0.130. The number of rotatable bonds is 6. The zero-order valence-corrected chi connectivity index (χ0v) is 12.0. The Hall–Kier alpha value is -2.07. The summed E-state index contributed by atoms with van der Waals surface area (Å²) >= 11 is 1.41. The van der Waals surface area contributed by atoms with Gasteiger partial charge in [-0.25, -0.2) is 4.79 Å². The molecule has 3 nitrogen and oxygen atoms in total. The first kappa shape index (κ1) is 14.3. The zero-order chi connectivity index (χ0) is 14.4. The van der Waals surface area contributed by atoms with Gasteiger partial charge in [-0.3, -0.25) is 0 Å². The molecule has 0 bridgehead atoms. The lowest BCUT2D eigenvalue weighted by Gasteiger charge is -2.08. The van der Waals surface area contributed by atoms with Gasteiger partial charge in [0.25, 0.3) is 0 Å². The average molecular weight is 288 g/mol. The molecular weight excluding hydrogens is 272 g/mol. The summed E-state index contributed by atoms with van der Waals surface area (Å²) in [7, 11) is 0. The molecule has 0 amide bonds. The van der Waals surface area contributed by atoms with Crippen molar-refractivity contribution in [3.05, 3.63) is 52.2 Å². The summed E-state index contributed by atoms with van der Waals surface area (Å²) < 4.78 is 5.65. The Labute approximate surface area is 122 Å². The summed E-state index contributed by atoms with van der Waals surface area (Å²) in [5.74, 6) is -0.220. The van der Waals surface area contributed by atoms with Gasteiger partial charge in [-0.15, -0.1) is 11.3 Å². The van der Waals surface area contributed by atoms with Crippen molar-refractivity contribution in [2.75, 3.05) is 6.61 Å². The highest BCUT2D eigenvalue weighted by Gasteiger charge is 2.12.